The van der Waals surface area contributed by atoms with Crippen molar-refractivity contribution in [1.82, 2.24) is 10.3 Å². The van der Waals surface area contributed by atoms with Gasteiger partial charge in [0.1, 0.15) is 5.75 Å². The number of methoxy groups -OCH3 is 1. The van der Waals surface area contributed by atoms with Crippen LogP contribution in [-0.2, 0) is 16.1 Å². The molecule has 23 heavy (non-hydrogen) atoms. The summed E-state index contributed by atoms with van der Waals surface area (Å²) in [6.07, 6.45) is 1.42. The highest BCUT2D eigenvalue weighted by atomic mass is 16.5. The molecule has 1 aromatic heterocycles. The van der Waals surface area contributed by atoms with Crippen molar-refractivity contribution in [3.05, 3.63) is 59.4 Å². The van der Waals surface area contributed by atoms with Crippen LogP contribution in [0, 0.1) is 6.92 Å². The van der Waals surface area contributed by atoms with Gasteiger partial charge >= 0.3 is 5.97 Å². The molecule has 0 radical (unpaired) electrons. The second-order valence-electron chi connectivity index (χ2n) is 4.89. The molecule has 6 nitrogen and oxygen atoms in total. The number of esters is 1. The summed E-state index contributed by atoms with van der Waals surface area (Å²) in [5.74, 6) is -0.231. The fraction of sp³-hybridized carbons (Fsp3) is 0.235. The van der Waals surface area contributed by atoms with Crippen LogP contribution in [-0.4, -0.2) is 30.6 Å². The van der Waals surface area contributed by atoms with Gasteiger partial charge in [-0.15, -0.1) is 0 Å². The van der Waals surface area contributed by atoms with E-state index in [0.717, 1.165) is 17.0 Å². The average Bonchev–Trinajstić information content (AvgIpc) is 2.58. The molecule has 120 valence electrons. The monoisotopic (exact) mass is 314 g/mol. The molecule has 2 aromatic rings. The highest BCUT2D eigenvalue weighted by molar-refractivity contribution is 5.90. The van der Waals surface area contributed by atoms with E-state index in [9.17, 15) is 9.59 Å². The van der Waals surface area contributed by atoms with Crippen LogP contribution in [0.3, 0.4) is 0 Å². The van der Waals surface area contributed by atoms with Crippen LogP contribution in [0.4, 0.5) is 0 Å². The molecular weight excluding hydrogens is 296 g/mol. The molecule has 0 bridgehead atoms. The number of pyridine rings is 1. The molecule has 1 N–H and O–H groups in total. The molecule has 0 atom stereocenters. The fourth-order valence-electron chi connectivity index (χ4n) is 1.84. The Morgan fingerprint density at radius 1 is 1.22 bits per heavy atom. The third-order valence-corrected chi connectivity index (χ3v) is 3.11. The first-order valence-electron chi connectivity index (χ1n) is 7.08. The highest BCUT2D eigenvalue weighted by Crippen LogP contribution is 2.12. The molecule has 6 heteroatoms. The number of nitrogens with zero attached hydrogens (tertiary/aromatic N) is 1. The number of carbonyl (C=O) groups excluding carboxylic acids is 2. The van der Waals surface area contributed by atoms with Crippen molar-refractivity contribution in [2.45, 2.75) is 13.5 Å². The van der Waals surface area contributed by atoms with Crippen LogP contribution in [0.15, 0.2) is 42.6 Å². The van der Waals surface area contributed by atoms with Crippen molar-refractivity contribution >= 4 is 11.9 Å². The summed E-state index contributed by atoms with van der Waals surface area (Å²) in [7, 11) is 1.58. The van der Waals surface area contributed by atoms with Gasteiger partial charge in [-0.25, -0.2) is 4.79 Å². The predicted octanol–water partition coefficient (Wildman–Crippen LogP) is 1.87. The molecule has 1 aromatic carbocycles. The van der Waals surface area contributed by atoms with Crippen LogP contribution < -0.4 is 10.1 Å². The van der Waals surface area contributed by atoms with Crippen molar-refractivity contribution < 1.29 is 19.1 Å². The number of aryl methyl sites for hydroxylation is 1. The molecule has 2 rings (SSSR count). The van der Waals surface area contributed by atoms with Crippen molar-refractivity contribution in [1.29, 1.82) is 0 Å². The maximum absolute atomic E-state index is 11.8. The first-order chi connectivity index (χ1) is 11.1. The number of benzene rings is 1. The normalized spacial score (nSPS) is 10.0. The lowest BCUT2D eigenvalue weighted by Crippen LogP contribution is -2.28. The van der Waals surface area contributed by atoms with E-state index in [1.54, 1.807) is 19.2 Å². The number of hydrogen-bond acceptors (Lipinski definition) is 5. The van der Waals surface area contributed by atoms with Crippen LogP contribution in [0.25, 0.3) is 0 Å². The maximum atomic E-state index is 11.8. The molecule has 1 amide bonds. The number of nitrogens with one attached hydrogen (secondary N) is 1. The Hall–Kier alpha value is -2.89. The fourth-order valence-corrected chi connectivity index (χ4v) is 1.84. The highest BCUT2D eigenvalue weighted by Gasteiger charge is 2.10. The maximum Gasteiger partial charge on any atom is 0.340 e. The average molecular weight is 314 g/mol. The van der Waals surface area contributed by atoms with Gasteiger partial charge in [-0.2, -0.15) is 0 Å². The van der Waals surface area contributed by atoms with Crippen molar-refractivity contribution in [2.75, 3.05) is 13.7 Å². The van der Waals surface area contributed by atoms with Crippen molar-refractivity contribution in [3.63, 3.8) is 0 Å². The number of amides is 1. The third-order valence-electron chi connectivity index (χ3n) is 3.11. The first kappa shape index (κ1) is 16.5. The van der Waals surface area contributed by atoms with Crippen LogP contribution >= 0.6 is 0 Å². The Morgan fingerprint density at radius 2 is 2.04 bits per heavy atom. The van der Waals surface area contributed by atoms with E-state index in [1.165, 1.54) is 6.20 Å². The predicted molar refractivity (Wildman–Crippen MR) is 84.1 cm³/mol. The van der Waals surface area contributed by atoms with Gasteiger partial charge in [0, 0.05) is 18.4 Å². The zero-order valence-corrected chi connectivity index (χ0v) is 13.0. The molecule has 0 aliphatic rings. The van der Waals surface area contributed by atoms with Crippen LogP contribution in [0.1, 0.15) is 21.6 Å². The van der Waals surface area contributed by atoms with E-state index in [4.69, 9.17) is 9.47 Å². The Labute approximate surface area is 134 Å². The van der Waals surface area contributed by atoms with Gasteiger partial charge < -0.3 is 14.8 Å². The molecule has 0 saturated heterocycles. The van der Waals surface area contributed by atoms with E-state index in [-0.39, 0.29) is 12.5 Å². The zero-order chi connectivity index (χ0) is 16.7. The zero-order valence-electron chi connectivity index (χ0n) is 13.0. The minimum absolute atomic E-state index is 0.316. The van der Waals surface area contributed by atoms with Gasteiger partial charge in [-0.05, 0) is 36.8 Å². The molecule has 0 spiro atoms. The molecule has 0 fully saturated rings. The summed E-state index contributed by atoms with van der Waals surface area (Å²) in [6.45, 7) is 1.82. The van der Waals surface area contributed by atoms with E-state index < -0.39 is 5.97 Å². The number of hydrogen-bond donors (Lipinski definition) is 1. The molecular formula is C17H18N2O4. The van der Waals surface area contributed by atoms with E-state index in [0.29, 0.717) is 12.1 Å². The summed E-state index contributed by atoms with van der Waals surface area (Å²) in [5.41, 5.74) is 2.01. The van der Waals surface area contributed by atoms with Gasteiger partial charge in [0.15, 0.2) is 6.61 Å². The van der Waals surface area contributed by atoms with E-state index >= 15 is 0 Å². The Morgan fingerprint density at radius 3 is 2.74 bits per heavy atom. The lowest BCUT2D eigenvalue weighted by molar-refractivity contribution is -0.124. The standard InChI is InChI=1S/C17H18N2O4/c1-12-6-7-14(10-18-12)17(21)23-11-16(20)19-9-13-4-3-5-15(8-13)22-2/h3-8,10H,9,11H2,1-2H3,(H,19,20). The number of rotatable bonds is 6. The quantitative estimate of drug-likeness (QED) is 0.824. The molecule has 0 aliphatic heterocycles. The van der Waals surface area contributed by atoms with Crippen LogP contribution in [0.5, 0.6) is 5.75 Å². The third kappa shape index (κ3) is 5.10. The molecule has 1 heterocycles. The molecule has 0 aliphatic carbocycles. The summed E-state index contributed by atoms with van der Waals surface area (Å²) >= 11 is 0. The largest absolute Gasteiger partial charge is 0.497 e. The van der Waals surface area contributed by atoms with Gasteiger partial charge in [0.25, 0.3) is 5.91 Å². The Kier molecular flexibility index (Phi) is 5.68. The van der Waals surface area contributed by atoms with Gasteiger partial charge in [-0.3, -0.25) is 9.78 Å². The summed E-state index contributed by atoms with van der Waals surface area (Å²) in [6, 6.07) is 10.7. The summed E-state index contributed by atoms with van der Waals surface area (Å²) in [4.78, 5) is 27.5. The summed E-state index contributed by atoms with van der Waals surface area (Å²) in [5, 5.41) is 2.68. The number of carbonyl (C=O) groups is 2. The second-order valence-corrected chi connectivity index (χ2v) is 4.89. The topological polar surface area (TPSA) is 77.5 Å². The lowest BCUT2D eigenvalue weighted by atomic mass is 10.2. The first-order valence-corrected chi connectivity index (χ1v) is 7.08. The van der Waals surface area contributed by atoms with Crippen molar-refractivity contribution in [2.24, 2.45) is 0 Å². The van der Waals surface area contributed by atoms with Gasteiger partial charge in [0.2, 0.25) is 0 Å². The lowest BCUT2D eigenvalue weighted by Gasteiger charge is -2.08. The second kappa shape index (κ2) is 7.93. The Balaban J connectivity index is 1.78. The minimum atomic E-state index is -0.575. The van der Waals surface area contributed by atoms with Crippen LogP contribution in [0.2, 0.25) is 0 Å². The smallest absolute Gasteiger partial charge is 0.340 e. The molecule has 0 saturated carbocycles. The number of aromatic nitrogens is 1. The van der Waals surface area contributed by atoms with Crippen molar-refractivity contribution in [3.8, 4) is 5.75 Å². The Bertz CT molecular complexity index is 683. The number of ether oxygens (including phenoxy) is 2. The SMILES string of the molecule is COc1cccc(CNC(=O)COC(=O)c2ccc(C)nc2)c1. The molecule has 0 unspecified atom stereocenters. The van der Waals surface area contributed by atoms with E-state index in [1.807, 2.05) is 31.2 Å². The van der Waals surface area contributed by atoms with Gasteiger partial charge in [0.05, 0.1) is 12.7 Å². The summed E-state index contributed by atoms with van der Waals surface area (Å²) < 4.78 is 10.1. The van der Waals surface area contributed by atoms with Gasteiger partial charge in [-0.1, -0.05) is 12.1 Å². The minimum Gasteiger partial charge on any atom is -0.497 e. The van der Waals surface area contributed by atoms with E-state index in [2.05, 4.69) is 10.3 Å².